The van der Waals surface area contributed by atoms with Gasteiger partial charge >= 0.3 is 0 Å². The molecule has 0 saturated carbocycles. The van der Waals surface area contributed by atoms with E-state index in [0.29, 0.717) is 0 Å². The van der Waals surface area contributed by atoms with Crippen LogP contribution in [0, 0.1) is 12.8 Å². The maximum absolute atomic E-state index is 4.97. The van der Waals surface area contributed by atoms with Crippen molar-refractivity contribution in [2.24, 2.45) is 5.92 Å². The van der Waals surface area contributed by atoms with Crippen LogP contribution in [0.3, 0.4) is 0 Å². The molecule has 0 N–H and O–H groups in total. The highest BCUT2D eigenvalue weighted by molar-refractivity contribution is 5.84. The molecule has 1 heteroatoms. The van der Waals surface area contributed by atoms with E-state index in [-0.39, 0.29) is 0 Å². The van der Waals surface area contributed by atoms with E-state index < -0.39 is 0 Å². The lowest BCUT2D eigenvalue weighted by atomic mass is 9.91. The van der Waals surface area contributed by atoms with Gasteiger partial charge in [0.2, 0.25) is 0 Å². The Morgan fingerprint density at radius 2 is 1.92 bits per heavy atom. The molecule has 24 heavy (non-hydrogen) atoms. The van der Waals surface area contributed by atoms with Crippen LogP contribution in [0.15, 0.2) is 48.5 Å². The van der Waals surface area contributed by atoms with E-state index >= 15 is 0 Å². The molecule has 0 spiro atoms. The molecule has 6 bridgehead atoms. The predicted octanol–water partition coefficient (Wildman–Crippen LogP) is 6.12. The van der Waals surface area contributed by atoms with Crippen molar-refractivity contribution < 1.29 is 0 Å². The van der Waals surface area contributed by atoms with Gasteiger partial charge in [-0.1, -0.05) is 49.6 Å². The van der Waals surface area contributed by atoms with E-state index in [1.165, 1.54) is 53.3 Å². The number of hydrogen-bond donors (Lipinski definition) is 0. The molecule has 122 valence electrons. The smallest absolute Gasteiger partial charge is 0.0712 e. The number of aromatic nitrogens is 1. The topological polar surface area (TPSA) is 12.9 Å². The Morgan fingerprint density at radius 1 is 1.00 bits per heavy atom. The van der Waals surface area contributed by atoms with Crippen molar-refractivity contribution in [2.75, 3.05) is 0 Å². The minimum absolute atomic E-state index is 0.728. The molecule has 3 aromatic rings. The van der Waals surface area contributed by atoms with Crippen molar-refractivity contribution >= 4 is 10.9 Å². The van der Waals surface area contributed by atoms with E-state index in [0.717, 1.165) is 23.5 Å². The van der Waals surface area contributed by atoms with Crippen LogP contribution in [-0.4, -0.2) is 4.98 Å². The third-order valence-electron chi connectivity index (χ3n) is 5.24. The van der Waals surface area contributed by atoms with Gasteiger partial charge in [-0.05, 0) is 67.5 Å². The Hall–Kier alpha value is -2.15. The molecular formula is C23H25N. The average Bonchev–Trinajstić information content (AvgIpc) is 2.57. The van der Waals surface area contributed by atoms with Crippen molar-refractivity contribution in [2.45, 2.75) is 46.0 Å². The SMILES string of the molecule is Cc1cc2cc(c1)-c1ccc3c(cccc3n1)CC(C)CCCC2. The summed E-state index contributed by atoms with van der Waals surface area (Å²) in [6.45, 7) is 4.58. The van der Waals surface area contributed by atoms with Crippen LogP contribution in [0.1, 0.15) is 42.9 Å². The molecule has 2 aromatic carbocycles. The number of rotatable bonds is 0. The fourth-order valence-corrected chi connectivity index (χ4v) is 4.01. The summed E-state index contributed by atoms with van der Waals surface area (Å²) < 4.78 is 0. The maximum atomic E-state index is 4.97. The third kappa shape index (κ3) is 3.08. The van der Waals surface area contributed by atoms with E-state index in [1.54, 1.807) is 0 Å². The molecule has 2 aliphatic rings. The highest BCUT2D eigenvalue weighted by Gasteiger charge is 2.11. The zero-order valence-corrected chi connectivity index (χ0v) is 14.7. The maximum Gasteiger partial charge on any atom is 0.0712 e. The van der Waals surface area contributed by atoms with Crippen molar-refractivity contribution in [3.63, 3.8) is 0 Å². The van der Waals surface area contributed by atoms with Gasteiger partial charge in [-0.25, -0.2) is 4.98 Å². The van der Waals surface area contributed by atoms with Crippen molar-refractivity contribution in [3.8, 4) is 11.3 Å². The van der Waals surface area contributed by atoms with Crippen LogP contribution in [0.4, 0.5) is 0 Å². The summed E-state index contributed by atoms with van der Waals surface area (Å²) in [5.41, 5.74) is 7.69. The lowest BCUT2D eigenvalue weighted by Crippen LogP contribution is -2.02. The highest BCUT2D eigenvalue weighted by atomic mass is 14.7. The van der Waals surface area contributed by atoms with Crippen LogP contribution >= 0.6 is 0 Å². The summed E-state index contributed by atoms with van der Waals surface area (Å²) >= 11 is 0. The molecule has 0 amide bonds. The number of aryl methyl sites for hydroxylation is 2. The highest BCUT2D eigenvalue weighted by Crippen LogP contribution is 2.28. The average molecular weight is 315 g/mol. The minimum Gasteiger partial charge on any atom is -0.248 e. The molecule has 1 nitrogen and oxygen atoms in total. The monoisotopic (exact) mass is 315 g/mol. The molecule has 1 aliphatic heterocycles. The Bertz CT molecular complexity index is 878. The molecule has 0 saturated heterocycles. The lowest BCUT2D eigenvalue weighted by Gasteiger charge is -2.15. The summed E-state index contributed by atoms with van der Waals surface area (Å²) in [6.07, 6.45) is 6.23. The standard InChI is InChI=1S/C23H25N/c1-16-6-3-4-7-18-12-17(2)14-20(15-18)22-11-10-21-19(13-16)8-5-9-23(21)24-22/h5,8-12,14-16H,3-4,6-7,13H2,1-2H3. The van der Waals surface area contributed by atoms with Gasteiger partial charge in [0.1, 0.15) is 0 Å². The van der Waals surface area contributed by atoms with Crippen LogP contribution in [0.25, 0.3) is 22.2 Å². The normalized spacial score (nSPS) is 18.0. The van der Waals surface area contributed by atoms with Gasteiger partial charge in [-0.2, -0.15) is 0 Å². The van der Waals surface area contributed by atoms with Gasteiger partial charge in [0.15, 0.2) is 0 Å². The number of benzene rings is 2. The first-order valence-corrected chi connectivity index (χ1v) is 9.18. The Labute approximate surface area is 144 Å². The van der Waals surface area contributed by atoms with Crippen LogP contribution in [0.5, 0.6) is 0 Å². The fraction of sp³-hybridized carbons (Fsp3) is 0.348. The number of pyridine rings is 1. The number of fused-ring (bicyclic) bond motifs is 6. The summed E-state index contributed by atoms with van der Waals surface area (Å²) in [5, 5.41) is 1.32. The summed E-state index contributed by atoms with van der Waals surface area (Å²) in [7, 11) is 0. The van der Waals surface area contributed by atoms with Crippen molar-refractivity contribution in [1.29, 1.82) is 0 Å². The molecule has 1 atom stereocenters. The number of nitrogens with zero attached hydrogens (tertiary/aromatic N) is 1. The predicted molar refractivity (Wildman–Crippen MR) is 102 cm³/mol. The molecule has 1 unspecified atom stereocenters. The second-order valence-electron chi connectivity index (χ2n) is 7.44. The first kappa shape index (κ1) is 15.4. The van der Waals surface area contributed by atoms with Gasteiger partial charge in [-0.3, -0.25) is 0 Å². The van der Waals surface area contributed by atoms with Crippen molar-refractivity contribution in [3.05, 3.63) is 65.2 Å². The van der Waals surface area contributed by atoms with E-state index in [4.69, 9.17) is 4.98 Å². The minimum atomic E-state index is 0.728. The fourth-order valence-electron chi connectivity index (χ4n) is 4.01. The van der Waals surface area contributed by atoms with Gasteiger partial charge < -0.3 is 0 Å². The van der Waals surface area contributed by atoms with Crippen LogP contribution in [0.2, 0.25) is 0 Å². The first-order valence-electron chi connectivity index (χ1n) is 9.18. The second kappa shape index (κ2) is 6.39. The van der Waals surface area contributed by atoms with Crippen LogP contribution < -0.4 is 0 Å². The summed E-state index contributed by atoms with van der Waals surface area (Å²) in [5.74, 6) is 0.728. The third-order valence-corrected chi connectivity index (χ3v) is 5.24. The Kier molecular flexibility index (Phi) is 4.10. The van der Waals surface area contributed by atoms with E-state index in [9.17, 15) is 0 Å². The molecule has 1 aliphatic carbocycles. The zero-order valence-electron chi connectivity index (χ0n) is 14.7. The summed E-state index contributed by atoms with van der Waals surface area (Å²) in [6, 6.07) is 18.0. The van der Waals surface area contributed by atoms with Gasteiger partial charge in [-0.15, -0.1) is 0 Å². The van der Waals surface area contributed by atoms with Crippen LogP contribution in [-0.2, 0) is 12.8 Å². The van der Waals surface area contributed by atoms with E-state index in [2.05, 4.69) is 62.4 Å². The van der Waals surface area contributed by atoms with Gasteiger partial charge in [0, 0.05) is 10.9 Å². The van der Waals surface area contributed by atoms with E-state index in [1.807, 2.05) is 0 Å². The van der Waals surface area contributed by atoms with Gasteiger partial charge in [0.05, 0.1) is 11.2 Å². The largest absolute Gasteiger partial charge is 0.248 e. The molecule has 0 fully saturated rings. The number of hydrogen-bond acceptors (Lipinski definition) is 1. The second-order valence-corrected chi connectivity index (χ2v) is 7.44. The molecular weight excluding hydrogens is 290 g/mol. The molecule has 5 rings (SSSR count). The Balaban J connectivity index is 1.90. The molecule has 0 radical (unpaired) electrons. The molecule has 1 aromatic heterocycles. The zero-order chi connectivity index (χ0) is 16.5. The van der Waals surface area contributed by atoms with Gasteiger partial charge in [0.25, 0.3) is 0 Å². The van der Waals surface area contributed by atoms with Crippen molar-refractivity contribution in [1.82, 2.24) is 4.98 Å². The lowest BCUT2D eigenvalue weighted by molar-refractivity contribution is 0.497. The molecule has 2 heterocycles. The first-order chi connectivity index (χ1) is 11.7. The summed E-state index contributed by atoms with van der Waals surface area (Å²) in [4.78, 5) is 4.97. The quantitative estimate of drug-likeness (QED) is 0.487. The Morgan fingerprint density at radius 3 is 2.83 bits per heavy atom.